The number of rotatable bonds is 2. The molecule has 0 heterocycles. The molecule has 5 heteroatoms. The number of aliphatic hydroxyl groups excluding tert-OH is 1. The van der Waals surface area contributed by atoms with Crippen LogP contribution >= 0.6 is 12.4 Å². The van der Waals surface area contributed by atoms with Crippen molar-refractivity contribution in [3.8, 4) is 0 Å². The van der Waals surface area contributed by atoms with E-state index >= 15 is 0 Å². The van der Waals surface area contributed by atoms with Crippen LogP contribution in [0.2, 0.25) is 0 Å². The molecule has 0 bridgehead atoms. The molecule has 0 fully saturated rings. The van der Waals surface area contributed by atoms with Gasteiger partial charge in [-0.05, 0) is 28.1 Å². The highest BCUT2D eigenvalue weighted by molar-refractivity contribution is 5.85. The van der Waals surface area contributed by atoms with E-state index in [0.717, 1.165) is 11.0 Å². The van der Waals surface area contributed by atoms with Crippen molar-refractivity contribution in [2.24, 2.45) is 0 Å². The van der Waals surface area contributed by atoms with Crippen LogP contribution in [0.5, 0.6) is 0 Å². The third-order valence-electron chi connectivity index (χ3n) is 0.812. The number of hydrogen-bond acceptors (Lipinski definition) is 2. The maximum absolute atomic E-state index is 8.87. The van der Waals surface area contributed by atoms with Crippen LogP contribution in [0.1, 0.15) is 6.92 Å². The summed E-state index contributed by atoms with van der Waals surface area (Å²) < 4.78 is 0.831. The summed E-state index contributed by atoms with van der Waals surface area (Å²) in [7, 11) is 12.2. The lowest BCUT2D eigenvalue weighted by Gasteiger charge is -2.24. The second-order valence-electron chi connectivity index (χ2n) is 4.66. The summed E-state index contributed by atoms with van der Waals surface area (Å²) in [5.41, 5.74) is 0. The van der Waals surface area contributed by atoms with Crippen LogP contribution in [0.15, 0.2) is 0 Å². The highest BCUT2D eigenvalue weighted by Gasteiger charge is 2.09. The predicted octanol–water partition coefficient (Wildman–Crippen LogP) is -2.32. The molecule has 1 N–H and O–H groups in total. The molecule has 14 heavy (non-hydrogen) atoms. The molecule has 0 saturated heterocycles. The molecule has 0 saturated carbocycles. The van der Waals surface area contributed by atoms with Crippen LogP contribution in [-0.2, 0) is 0 Å². The van der Waals surface area contributed by atoms with Gasteiger partial charge in [0.2, 0.25) is 0 Å². The molecule has 0 radical (unpaired) electrons. The summed E-state index contributed by atoms with van der Waals surface area (Å²) in [6.45, 7) is 2.63. The molecule has 0 aromatic carbocycles. The molecule has 92 valence electrons. The van der Waals surface area contributed by atoms with Crippen molar-refractivity contribution < 1.29 is 22.0 Å². The van der Waals surface area contributed by atoms with Crippen molar-refractivity contribution >= 4 is 12.4 Å². The fraction of sp³-hybridized carbons (Fsp3) is 1.00. The molecule has 0 aromatic heterocycles. The molecule has 3 nitrogen and oxygen atoms in total. The summed E-state index contributed by atoms with van der Waals surface area (Å²) in [5, 5.41) is 8.87. The van der Waals surface area contributed by atoms with Gasteiger partial charge in [0.05, 0.1) is 21.1 Å². The van der Waals surface area contributed by atoms with E-state index < -0.39 is 0 Å². The number of nitrogens with zero attached hydrogens (tertiary/aromatic N) is 2. The van der Waals surface area contributed by atoms with Gasteiger partial charge < -0.3 is 26.9 Å². The Bertz CT molecular complexity index is 101. The number of aliphatic hydroxyl groups is 1. The topological polar surface area (TPSA) is 23.5 Å². The van der Waals surface area contributed by atoms with E-state index in [1.807, 2.05) is 33.0 Å². The van der Waals surface area contributed by atoms with Crippen LogP contribution in [0, 0.1) is 0 Å². The molecule has 0 aliphatic carbocycles. The first-order valence-corrected chi connectivity index (χ1v) is 4.24. The van der Waals surface area contributed by atoms with Crippen molar-refractivity contribution in [2.75, 3.05) is 48.8 Å². The molecule has 0 rings (SSSR count). The van der Waals surface area contributed by atoms with Gasteiger partial charge in [0.25, 0.3) is 0 Å². The smallest absolute Gasteiger partial charge is 0.104 e. The Morgan fingerprint density at radius 3 is 1.36 bits per heavy atom. The largest absolute Gasteiger partial charge is 1.00 e. The van der Waals surface area contributed by atoms with E-state index in [1.165, 1.54) is 0 Å². The van der Waals surface area contributed by atoms with Gasteiger partial charge in [-0.25, -0.2) is 0 Å². The van der Waals surface area contributed by atoms with Crippen LogP contribution in [0.4, 0.5) is 0 Å². The van der Waals surface area contributed by atoms with Crippen LogP contribution in [0.25, 0.3) is 0 Å². The Morgan fingerprint density at radius 2 is 1.36 bits per heavy atom. The number of halogens is 2. The van der Waals surface area contributed by atoms with E-state index in [2.05, 4.69) is 21.1 Å². The van der Waals surface area contributed by atoms with Gasteiger partial charge in [0.1, 0.15) is 12.6 Å². The van der Waals surface area contributed by atoms with Crippen molar-refractivity contribution in [3.05, 3.63) is 0 Å². The average molecular weight is 249 g/mol. The average Bonchev–Trinajstić information content (AvgIpc) is 1.52. The minimum absolute atomic E-state index is 0. The summed E-state index contributed by atoms with van der Waals surface area (Å²) in [6.07, 6.45) is -0.185. The first kappa shape index (κ1) is 23.9. The highest BCUT2D eigenvalue weighted by Crippen LogP contribution is 1.92. The van der Waals surface area contributed by atoms with Crippen molar-refractivity contribution in [1.29, 1.82) is 0 Å². The number of likely N-dealkylation sites (N-methyl/N-ethyl adjacent to an activating group) is 1. The summed E-state index contributed by atoms with van der Waals surface area (Å²) in [5.74, 6) is 0. The molecular weight excluding hydrogens is 223 g/mol. The van der Waals surface area contributed by atoms with Crippen molar-refractivity contribution in [1.82, 2.24) is 4.90 Å². The summed E-state index contributed by atoms with van der Waals surface area (Å²) in [4.78, 5) is 2.00. The van der Waals surface area contributed by atoms with Gasteiger partial charge >= 0.3 is 0 Å². The van der Waals surface area contributed by atoms with Gasteiger partial charge in [0.15, 0.2) is 0 Å². The maximum Gasteiger partial charge on any atom is 0.104 e. The Labute approximate surface area is 101 Å². The lowest BCUT2D eigenvalue weighted by Crippen LogP contribution is -3.00. The fourth-order valence-electron chi connectivity index (χ4n) is 0.793. The minimum Gasteiger partial charge on any atom is -1.00 e. The lowest BCUT2D eigenvalue weighted by atomic mass is 10.3. The fourth-order valence-corrected chi connectivity index (χ4v) is 0.793. The predicted molar refractivity (Wildman–Crippen MR) is 61.4 cm³/mol. The monoisotopic (exact) mass is 248 g/mol. The van der Waals surface area contributed by atoms with Gasteiger partial charge in [-0.3, -0.25) is 0 Å². The SMILES string of the molecule is CC(O)C[N+](C)(C)C.CN(C)C.Cl.[Cl-]. The van der Waals surface area contributed by atoms with Crippen molar-refractivity contribution in [3.63, 3.8) is 0 Å². The zero-order chi connectivity index (χ0) is 10.4. The first-order valence-electron chi connectivity index (χ1n) is 4.24. The van der Waals surface area contributed by atoms with Crippen LogP contribution < -0.4 is 12.4 Å². The molecule has 0 aromatic rings. The van der Waals surface area contributed by atoms with Gasteiger partial charge in [-0.1, -0.05) is 0 Å². The van der Waals surface area contributed by atoms with Crippen molar-refractivity contribution in [2.45, 2.75) is 13.0 Å². The van der Waals surface area contributed by atoms with Gasteiger partial charge in [-0.2, -0.15) is 0 Å². The molecule has 1 atom stereocenters. The van der Waals surface area contributed by atoms with E-state index in [9.17, 15) is 0 Å². The lowest BCUT2D eigenvalue weighted by molar-refractivity contribution is -0.873. The molecule has 0 aliphatic heterocycles. The Hall–Kier alpha value is 0.460. The highest BCUT2D eigenvalue weighted by atomic mass is 35.5. The van der Waals surface area contributed by atoms with Gasteiger partial charge in [-0.15, -0.1) is 12.4 Å². The van der Waals surface area contributed by atoms with E-state index in [4.69, 9.17) is 5.11 Å². The summed E-state index contributed by atoms with van der Waals surface area (Å²) in [6, 6.07) is 0. The zero-order valence-electron chi connectivity index (χ0n) is 10.4. The zero-order valence-corrected chi connectivity index (χ0v) is 12.0. The molecule has 0 aliphatic rings. The molecule has 1 unspecified atom stereocenters. The van der Waals surface area contributed by atoms with E-state index in [0.29, 0.717) is 0 Å². The van der Waals surface area contributed by atoms with E-state index in [1.54, 1.807) is 0 Å². The van der Waals surface area contributed by atoms with E-state index in [-0.39, 0.29) is 30.9 Å². The number of quaternary nitrogens is 1. The summed E-state index contributed by atoms with van der Waals surface area (Å²) >= 11 is 0. The third-order valence-corrected chi connectivity index (χ3v) is 0.812. The van der Waals surface area contributed by atoms with Crippen LogP contribution in [-0.4, -0.2) is 69.4 Å². The Morgan fingerprint density at radius 1 is 1.14 bits per heavy atom. The number of hydrogen-bond donors (Lipinski definition) is 1. The Kier molecular flexibility index (Phi) is 19.7. The minimum atomic E-state index is -0.185. The normalized spacial score (nSPS) is 11.8. The first-order chi connectivity index (χ1) is 5.15. The molecule has 0 spiro atoms. The quantitative estimate of drug-likeness (QED) is 0.555. The van der Waals surface area contributed by atoms with Gasteiger partial charge in [0, 0.05) is 0 Å². The molecular formula is C9H26Cl2N2O. The second kappa shape index (κ2) is 11.5. The Balaban J connectivity index is -0.0000000733. The second-order valence-corrected chi connectivity index (χ2v) is 4.66. The third kappa shape index (κ3) is 54.9. The maximum atomic E-state index is 8.87. The standard InChI is InChI=1S/C6H16NO.C3H9N.2ClH/c1-6(8)5-7(2,3)4;1-4(2)3;;/h6,8H,5H2,1-4H3;1-3H3;2*1H/q+1;;;/p-1. The molecule has 0 amide bonds. The van der Waals surface area contributed by atoms with Crippen LogP contribution in [0.3, 0.4) is 0 Å².